The molecule has 1 aliphatic heterocycles. The second-order valence-electron chi connectivity index (χ2n) is 8.59. The fourth-order valence-corrected chi connectivity index (χ4v) is 4.00. The highest BCUT2D eigenvalue weighted by Gasteiger charge is 2.47. The summed E-state index contributed by atoms with van der Waals surface area (Å²) in [4.78, 5) is 27.8. The van der Waals surface area contributed by atoms with Crippen LogP contribution in [-0.4, -0.2) is 23.4 Å². The van der Waals surface area contributed by atoms with Gasteiger partial charge in [-0.2, -0.15) is 0 Å². The van der Waals surface area contributed by atoms with E-state index in [0.717, 1.165) is 11.1 Å². The maximum Gasteiger partial charge on any atom is 0.300 e. The number of anilines is 1. The number of carbonyl (C=O) groups excluding carboxylic acids is 2. The fraction of sp³-hybridized carbons (Fsp3) is 0.214. The molecule has 1 heterocycles. The Labute approximate surface area is 193 Å². The Kier molecular flexibility index (Phi) is 6.31. The summed E-state index contributed by atoms with van der Waals surface area (Å²) in [6.45, 7) is 6.65. The Morgan fingerprint density at radius 1 is 0.939 bits per heavy atom. The van der Waals surface area contributed by atoms with Crippen molar-refractivity contribution < 1.29 is 19.4 Å². The average molecular weight is 442 g/mol. The van der Waals surface area contributed by atoms with Gasteiger partial charge in [0.05, 0.1) is 18.2 Å². The number of Topliss-reactive ketones (excluding diaryl/α,β-unsaturated/α-hetero) is 1. The van der Waals surface area contributed by atoms with E-state index >= 15 is 0 Å². The van der Waals surface area contributed by atoms with E-state index < -0.39 is 17.7 Å². The third-order valence-electron chi connectivity index (χ3n) is 5.67. The lowest BCUT2D eigenvalue weighted by Gasteiger charge is -2.26. The van der Waals surface area contributed by atoms with Crippen LogP contribution in [0.15, 0.2) is 84.4 Å². The number of aliphatic hydroxyl groups excluding tert-OH is 1. The number of aliphatic hydroxyl groups is 1. The molecule has 168 valence electrons. The SMILES string of the molecule is Cc1ccccc1C1/C(=C(/O)c2ccc(OCC(C)C)cc2)C(=O)C(=O)N1c1ccccc1. The highest BCUT2D eigenvalue weighted by Crippen LogP contribution is 2.43. The molecule has 1 amide bonds. The molecule has 1 fully saturated rings. The van der Waals surface area contributed by atoms with Crippen molar-refractivity contribution in [1.82, 2.24) is 0 Å². The zero-order valence-corrected chi connectivity index (χ0v) is 19.0. The van der Waals surface area contributed by atoms with Gasteiger partial charge in [0.25, 0.3) is 11.7 Å². The number of carbonyl (C=O) groups is 2. The van der Waals surface area contributed by atoms with E-state index in [1.807, 2.05) is 49.4 Å². The number of para-hydroxylation sites is 1. The lowest BCUT2D eigenvalue weighted by Crippen LogP contribution is -2.29. The molecule has 1 N–H and O–H groups in total. The second-order valence-corrected chi connectivity index (χ2v) is 8.59. The molecular formula is C28H27NO4. The van der Waals surface area contributed by atoms with Crippen LogP contribution in [0.5, 0.6) is 5.75 Å². The minimum Gasteiger partial charge on any atom is -0.507 e. The van der Waals surface area contributed by atoms with E-state index in [-0.39, 0.29) is 11.3 Å². The average Bonchev–Trinajstić information content (AvgIpc) is 3.08. The van der Waals surface area contributed by atoms with Gasteiger partial charge in [-0.15, -0.1) is 0 Å². The predicted octanol–water partition coefficient (Wildman–Crippen LogP) is 5.66. The lowest BCUT2D eigenvalue weighted by molar-refractivity contribution is -0.132. The summed E-state index contributed by atoms with van der Waals surface area (Å²) < 4.78 is 5.72. The Bertz CT molecular complexity index is 1200. The van der Waals surface area contributed by atoms with Gasteiger partial charge in [-0.3, -0.25) is 14.5 Å². The van der Waals surface area contributed by atoms with Crippen LogP contribution in [-0.2, 0) is 9.59 Å². The zero-order valence-electron chi connectivity index (χ0n) is 19.0. The number of aryl methyl sites for hydroxylation is 1. The van der Waals surface area contributed by atoms with Crippen molar-refractivity contribution in [1.29, 1.82) is 0 Å². The smallest absolute Gasteiger partial charge is 0.300 e. The molecule has 0 aromatic heterocycles. The van der Waals surface area contributed by atoms with Gasteiger partial charge >= 0.3 is 0 Å². The molecule has 4 rings (SSSR count). The molecule has 3 aromatic rings. The summed E-state index contributed by atoms with van der Waals surface area (Å²) in [5.41, 5.74) is 2.85. The summed E-state index contributed by atoms with van der Waals surface area (Å²) >= 11 is 0. The van der Waals surface area contributed by atoms with Crippen molar-refractivity contribution in [2.24, 2.45) is 5.92 Å². The number of benzene rings is 3. The van der Waals surface area contributed by atoms with Crippen LogP contribution in [0.2, 0.25) is 0 Å². The molecule has 3 aromatic carbocycles. The minimum absolute atomic E-state index is 0.0778. The summed E-state index contributed by atoms with van der Waals surface area (Å²) in [5.74, 6) is -0.491. The molecule has 1 aliphatic rings. The lowest BCUT2D eigenvalue weighted by atomic mass is 9.92. The van der Waals surface area contributed by atoms with Gasteiger partial charge in [-0.1, -0.05) is 56.3 Å². The van der Waals surface area contributed by atoms with Crippen LogP contribution in [0, 0.1) is 12.8 Å². The van der Waals surface area contributed by atoms with Crippen molar-refractivity contribution in [2.45, 2.75) is 26.8 Å². The number of hydrogen-bond donors (Lipinski definition) is 1. The molecule has 0 aliphatic carbocycles. The first kappa shape index (κ1) is 22.3. The van der Waals surface area contributed by atoms with E-state index in [0.29, 0.717) is 29.5 Å². The second kappa shape index (κ2) is 9.33. The molecule has 5 nitrogen and oxygen atoms in total. The van der Waals surface area contributed by atoms with Crippen molar-refractivity contribution in [3.05, 3.63) is 101 Å². The van der Waals surface area contributed by atoms with E-state index in [4.69, 9.17) is 4.74 Å². The maximum absolute atomic E-state index is 13.2. The van der Waals surface area contributed by atoms with E-state index in [9.17, 15) is 14.7 Å². The van der Waals surface area contributed by atoms with Gasteiger partial charge in [0, 0.05) is 11.3 Å². The minimum atomic E-state index is -0.731. The number of ketones is 1. The highest BCUT2D eigenvalue weighted by atomic mass is 16.5. The third-order valence-corrected chi connectivity index (χ3v) is 5.67. The highest BCUT2D eigenvalue weighted by molar-refractivity contribution is 6.51. The predicted molar refractivity (Wildman–Crippen MR) is 129 cm³/mol. The Morgan fingerprint density at radius 2 is 1.58 bits per heavy atom. The number of nitrogens with zero attached hydrogens (tertiary/aromatic N) is 1. The van der Waals surface area contributed by atoms with Gasteiger partial charge in [0.15, 0.2) is 0 Å². The molecule has 1 unspecified atom stereocenters. The summed E-state index contributed by atoms with van der Waals surface area (Å²) in [6.07, 6.45) is 0. The molecule has 0 bridgehead atoms. The Hall–Kier alpha value is -3.86. The van der Waals surface area contributed by atoms with Crippen LogP contribution < -0.4 is 9.64 Å². The van der Waals surface area contributed by atoms with Crippen LogP contribution in [0.3, 0.4) is 0 Å². The normalized spacial score (nSPS) is 17.6. The monoisotopic (exact) mass is 441 g/mol. The van der Waals surface area contributed by atoms with Gasteiger partial charge in [0.2, 0.25) is 0 Å². The number of rotatable bonds is 6. The van der Waals surface area contributed by atoms with Crippen LogP contribution in [0.1, 0.15) is 36.6 Å². The van der Waals surface area contributed by atoms with Gasteiger partial charge in [-0.25, -0.2) is 0 Å². The standard InChI is InChI=1S/C28H27NO4/c1-18(2)17-33-22-15-13-20(14-16-22)26(30)24-25(23-12-8-7-9-19(23)3)29(28(32)27(24)31)21-10-5-4-6-11-21/h4-16,18,25,30H,17H2,1-3H3/b26-24-. The van der Waals surface area contributed by atoms with Crippen molar-refractivity contribution >= 4 is 23.1 Å². The molecule has 1 saturated heterocycles. The summed E-state index contributed by atoms with van der Waals surface area (Å²) in [5, 5.41) is 11.2. The topological polar surface area (TPSA) is 66.8 Å². The van der Waals surface area contributed by atoms with Crippen molar-refractivity contribution in [2.75, 3.05) is 11.5 Å². The zero-order chi connectivity index (χ0) is 23.5. The van der Waals surface area contributed by atoms with E-state index in [2.05, 4.69) is 13.8 Å². The Morgan fingerprint density at radius 3 is 2.21 bits per heavy atom. The van der Waals surface area contributed by atoms with E-state index in [1.165, 1.54) is 4.90 Å². The summed E-state index contributed by atoms with van der Waals surface area (Å²) in [7, 11) is 0. The van der Waals surface area contributed by atoms with Crippen LogP contribution >= 0.6 is 0 Å². The number of ether oxygens (including phenoxy) is 1. The van der Waals surface area contributed by atoms with Crippen molar-refractivity contribution in [3.63, 3.8) is 0 Å². The molecular weight excluding hydrogens is 414 g/mol. The first-order valence-electron chi connectivity index (χ1n) is 11.0. The third kappa shape index (κ3) is 4.40. The quantitative estimate of drug-likeness (QED) is 0.305. The molecule has 5 heteroatoms. The van der Waals surface area contributed by atoms with Gasteiger partial charge < -0.3 is 9.84 Å². The molecule has 1 atom stereocenters. The molecule has 0 spiro atoms. The number of hydrogen-bond acceptors (Lipinski definition) is 4. The maximum atomic E-state index is 13.2. The first-order valence-corrected chi connectivity index (χ1v) is 11.0. The number of amides is 1. The largest absolute Gasteiger partial charge is 0.507 e. The fourth-order valence-electron chi connectivity index (χ4n) is 4.00. The Balaban J connectivity index is 1.83. The van der Waals surface area contributed by atoms with Crippen molar-refractivity contribution in [3.8, 4) is 5.75 Å². The van der Waals surface area contributed by atoms with Crippen LogP contribution in [0.25, 0.3) is 5.76 Å². The van der Waals surface area contributed by atoms with E-state index in [1.54, 1.807) is 36.4 Å². The van der Waals surface area contributed by atoms with Gasteiger partial charge in [0.1, 0.15) is 11.5 Å². The molecule has 0 radical (unpaired) electrons. The molecule has 0 saturated carbocycles. The van der Waals surface area contributed by atoms with Gasteiger partial charge in [-0.05, 0) is 60.4 Å². The summed E-state index contributed by atoms with van der Waals surface area (Å²) in [6, 6.07) is 22.9. The molecule has 33 heavy (non-hydrogen) atoms. The van der Waals surface area contributed by atoms with Crippen LogP contribution in [0.4, 0.5) is 5.69 Å². The first-order chi connectivity index (χ1) is 15.9.